The van der Waals surface area contributed by atoms with Crippen molar-refractivity contribution in [2.45, 2.75) is 39.0 Å². The summed E-state index contributed by atoms with van der Waals surface area (Å²) >= 11 is 0. The van der Waals surface area contributed by atoms with E-state index < -0.39 is 0 Å². The zero-order valence-corrected chi connectivity index (χ0v) is 10.5. The minimum absolute atomic E-state index is 0.296. The fourth-order valence-corrected chi connectivity index (χ4v) is 2.25. The van der Waals surface area contributed by atoms with Crippen molar-refractivity contribution in [1.82, 2.24) is 19.3 Å². The summed E-state index contributed by atoms with van der Waals surface area (Å²) in [6.07, 6.45) is 7.60. The maximum atomic E-state index is 10.1. The fourth-order valence-electron chi connectivity index (χ4n) is 2.25. The van der Waals surface area contributed by atoms with Crippen molar-refractivity contribution < 1.29 is 5.11 Å². The smallest absolute Gasteiger partial charge is 0.146 e. The van der Waals surface area contributed by atoms with Crippen LogP contribution in [0, 0.1) is 5.92 Å². The molecule has 5 heteroatoms. The predicted molar refractivity (Wildman–Crippen MR) is 66.9 cm³/mol. The normalized spacial score (nSPS) is 17.0. The zero-order valence-electron chi connectivity index (χ0n) is 10.5. The van der Waals surface area contributed by atoms with Crippen LogP contribution in [0.4, 0.5) is 0 Å². The van der Waals surface area contributed by atoms with Gasteiger partial charge in [-0.1, -0.05) is 0 Å². The molecule has 0 saturated heterocycles. The third-order valence-electron chi connectivity index (χ3n) is 3.50. The van der Waals surface area contributed by atoms with Crippen molar-refractivity contribution in [3.63, 3.8) is 0 Å². The van der Waals surface area contributed by atoms with Crippen LogP contribution in [0.3, 0.4) is 0 Å². The lowest BCUT2D eigenvalue weighted by molar-refractivity contribution is 0.154. The first-order valence-electron chi connectivity index (χ1n) is 6.48. The molecule has 3 rings (SSSR count). The molecule has 1 aliphatic carbocycles. The molecule has 0 aromatic carbocycles. The van der Waals surface area contributed by atoms with Gasteiger partial charge in [0.1, 0.15) is 12.2 Å². The molecule has 5 nitrogen and oxygen atoms in total. The van der Waals surface area contributed by atoms with Crippen LogP contribution in [0.2, 0.25) is 0 Å². The van der Waals surface area contributed by atoms with E-state index >= 15 is 0 Å². The summed E-state index contributed by atoms with van der Waals surface area (Å²) < 4.78 is 3.94. The second-order valence-corrected chi connectivity index (χ2v) is 4.89. The Morgan fingerprint density at radius 1 is 1.50 bits per heavy atom. The van der Waals surface area contributed by atoms with Crippen LogP contribution in [0.15, 0.2) is 24.8 Å². The summed E-state index contributed by atoms with van der Waals surface area (Å²) in [5.74, 6) is 1.42. The van der Waals surface area contributed by atoms with Crippen molar-refractivity contribution >= 4 is 0 Å². The third kappa shape index (κ3) is 2.18. The van der Waals surface area contributed by atoms with E-state index in [0.29, 0.717) is 12.5 Å². The van der Waals surface area contributed by atoms with Gasteiger partial charge in [0.05, 0.1) is 12.6 Å². The van der Waals surface area contributed by atoms with Crippen molar-refractivity contribution in [1.29, 1.82) is 0 Å². The number of hydrogen-bond acceptors (Lipinski definition) is 3. The number of aliphatic hydroxyl groups is 1. The minimum Gasteiger partial charge on any atom is -0.388 e. The van der Waals surface area contributed by atoms with Gasteiger partial charge in [-0.25, -0.2) is 9.67 Å². The molecule has 96 valence electrons. The lowest BCUT2D eigenvalue weighted by Crippen LogP contribution is -2.08. The largest absolute Gasteiger partial charge is 0.388 e. The lowest BCUT2D eigenvalue weighted by Gasteiger charge is -2.06. The molecule has 18 heavy (non-hydrogen) atoms. The molecule has 1 saturated carbocycles. The van der Waals surface area contributed by atoms with Crippen molar-refractivity contribution in [3.8, 4) is 0 Å². The van der Waals surface area contributed by atoms with Gasteiger partial charge in [0.15, 0.2) is 0 Å². The number of rotatable bonds is 5. The van der Waals surface area contributed by atoms with E-state index in [0.717, 1.165) is 30.8 Å². The Morgan fingerprint density at radius 3 is 3.06 bits per heavy atom. The topological polar surface area (TPSA) is 55.9 Å². The molecule has 1 N–H and O–H groups in total. The van der Waals surface area contributed by atoms with Crippen LogP contribution in [0.5, 0.6) is 0 Å². The lowest BCUT2D eigenvalue weighted by atomic mass is 10.1. The van der Waals surface area contributed by atoms with E-state index in [1.165, 1.54) is 0 Å². The molecule has 1 atom stereocenters. The first kappa shape index (κ1) is 11.5. The second kappa shape index (κ2) is 4.57. The molecule has 1 unspecified atom stereocenters. The molecular formula is C13H18N4O. The van der Waals surface area contributed by atoms with Gasteiger partial charge in [-0.2, -0.15) is 5.10 Å². The van der Waals surface area contributed by atoms with E-state index in [9.17, 15) is 5.11 Å². The first-order valence-corrected chi connectivity index (χ1v) is 6.48. The molecule has 2 aromatic heterocycles. The minimum atomic E-state index is -0.296. The van der Waals surface area contributed by atoms with E-state index in [1.807, 2.05) is 23.1 Å². The Labute approximate surface area is 106 Å². The van der Waals surface area contributed by atoms with Gasteiger partial charge < -0.3 is 9.67 Å². The molecular weight excluding hydrogens is 228 g/mol. The first-order chi connectivity index (χ1) is 8.78. The average Bonchev–Trinajstić information content (AvgIpc) is 2.96. The van der Waals surface area contributed by atoms with Crippen LogP contribution >= 0.6 is 0 Å². The van der Waals surface area contributed by atoms with Gasteiger partial charge in [0.25, 0.3) is 0 Å². The Hall–Kier alpha value is -1.62. The van der Waals surface area contributed by atoms with Gasteiger partial charge in [-0.15, -0.1) is 0 Å². The number of aromatic nitrogens is 4. The molecule has 0 radical (unpaired) electrons. The monoisotopic (exact) mass is 246 g/mol. The van der Waals surface area contributed by atoms with Gasteiger partial charge in [-0.3, -0.25) is 0 Å². The van der Waals surface area contributed by atoms with E-state index in [2.05, 4.69) is 21.6 Å². The molecule has 0 bridgehead atoms. The Bertz CT molecular complexity index is 527. The average molecular weight is 246 g/mol. The van der Waals surface area contributed by atoms with E-state index in [4.69, 9.17) is 0 Å². The number of aryl methyl sites for hydroxylation is 1. The summed E-state index contributed by atoms with van der Waals surface area (Å²) in [6, 6.07) is 2.00. The molecule has 0 amide bonds. The van der Waals surface area contributed by atoms with E-state index in [1.54, 1.807) is 6.33 Å². The number of nitrogens with zero attached hydrogens (tertiary/aromatic N) is 4. The van der Waals surface area contributed by atoms with E-state index in [-0.39, 0.29) is 6.10 Å². The quantitative estimate of drug-likeness (QED) is 0.871. The summed E-state index contributed by atoms with van der Waals surface area (Å²) in [4.78, 5) is 4.25. The highest BCUT2D eigenvalue weighted by molar-refractivity contribution is 5.16. The molecule has 2 heterocycles. The molecule has 0 spiro atoms. The maximum Gasteiger partial charge on any atom is 0.146 e. The second-order valence-electron chi connectivity index (χ2n) is 4.89. The van der Waals surface area contributed by atoms with Gasteiger partial charge >= 0.3 is 0 Å². The summed E-state index contributed by atoms with van der Waals surface area (Å²) in [7, 11) is 0. The number of hydrogen-bond donors (Lipinski definition) is 1. The van der Waals surface area contributed by atoms with Crippen LogP contribution in [-0.4, -0.2) is 24.4 Å². The van der Waals surface area contributed by atoms with Crippen LogP contribution in [0.25, 0.3) is 0 Å². The van der Waals surface area contributed by atoms with Crippen molar-refractivity contribution in [3.05, 3.63) is 36.2 Å². The maximum absolute atomic E-state index is 10.1. The Kier molecular flexibility index (Phi) is 2.91. The fraction of sp³-hybridized carbons (Fsp3) is 0.538. The van der Waals surface area contributed by atoms with Gasteiger partial charge in [0.2, 0.25) is 0 Å². The van der Waals surface area contributed by atoms with Crippen LogP contribution in [0.1, 0.15) is 37.3 Å². The Balaban J connectivity index is 1.73. The van der Waals surface area contributed by atoms with Crippen molar-refractivity contribution in [2.24, 2.45) is 5.92 Å². The highest BCUT2D eigenvalue weighted by Crippen LogP contribution is 2.40. The summed E-state index contributed by atoms with van der Waals surface area (Å²) in [5.41, 5.74) is 1.01. The summed E-state index contributed by atoms with van der Waals surface area (Å²) in [5, 5.41) is 14.2. The van der Waals surface area contributed by atoms with Gasteiger partial charge in [0, 0.05) is 18.9 Å². The van der Waals surface area contributed by atoms with Crippen LogP contribution in [-0.2, 0) is 13.1 Å². The van der Waals surface area contributed by atoms with Crippen LogP contribution < -0.4 is 0 Å². The Morgan fingerprint density at radius 2 is 2.33 bits per heavy atom. The SMILES string of the molecule is CCn1ncnc1Cn1ccc(C(O)C2CC2)c1. The number of aliphatic hydroxyl groups excluding tert-OH is 1. The zero-order chi connectivity index (χ0) is 12.5. The third-order valence-corrected chi connectivity index (χ3v) is 3.50. The molecule has 1 aliphatic rings. The highest BCUT2D eigenvalue weighted by Gasteiger charge is 2.31. The standard InChI is InChI=1S/C13H18N4O/c1-2-17-12(14-9-15-17)8-16-6-5-11(7-16)13(18)10-3-4-10/h5-7,9-10,13,18H,2-4,8H2,1H3. The van der Waals surface area contributed by atoms with Crippen molar-refractivity contribution in [2.75, 3.05) is 0 Å². The highest BCUT2D eigenvalue weighted by atomic mass is 16.3. The summed E-state index contributed by atoms with van der Waals surface area (Å²) in [6.45, 7) is 3.58. The molecule has 0 aliphatic heterocycles. The molecule has 2 aromatic rings. The molecule has 1 fully saturated rings. The van der Waals surface area contributed by atoms with Gasteiger partial charge in [-0.05, 0) is 37.3 Å². The predicted octanol–water partition coefficient (Wildman–Crippen LogP) is 1.59.